The number of rotatable bonds is 3. The molecule has 0 saturated heterocycles. The van der Waals surface area contributed by atoms with Crippen LogP contribution in [0.1, 0.15) is 48.1 Å². The van der Waals surface area contributed by atoms with Crippen LogP contribution in [-0.4, -0.2) is 21.6 Å². The molecular formula is C23H22ClN3O2. The molecule has 1 amide bonds. The monoisotopic (exact) mass is 407 g/mol. The van der Waals surface area contributed by atoms with E-state index in [0.717, 1.165) is 22.1 Å². The van der Waals surface area contributed by atoms with Gasteiger partial charge in [0.2, 0.25) is 5.91 Å². The molecule has 6 heteroatoms. The van der Waals surface area contributed by atoms with E-state index in [0.29, 0.717) is 34.7 Å². The third-order valence-corrected chi connectivity index (χ3v) is 5.69. The maximum absolute atomic E-state index is 12.9. The van der Waals surface area contributed by atoms with Crippen LogP contribution in [0.5, 0.6) is 0 Å². The Labute approximate surface area is 174 Å². The summed E-state index contributed by atoms with van der Waals surface area (Å²) < 4.78 is 0. The topological polar surface area (TPSA) is 65.5 Å². The van der Waals surface area contributed by atoms with Crippen LogP contribution < -0.4 is 5.56 Å². The van der Waals surface area contributed by atoms with Crippen LogP contribution in [-0.2, 0) is 4.79 Å². The van der Waals surface area contributed by atoms with Crippen molar-refractivity contribution < 1.29 is 4.79 Å². The number of nitrogens with zero attached hydrogens (tertiary/aromatic N) is 2. The van der Waals surface area contributed by atoms with Crippen LogP contribution >= 0.6 is 11.6 Å². The average molecular weight is 408 g/mol. The minimum atomic E-state index is -0.218. The SMILES string of the molecule is CCC(=O)N1N=C(c2c(C)c3ccc(Cl)cc3[nH]c2=O)CC1c1ccc(C)cc1. The number of hydrogen-bond acceptors (Lipinski definition) is 3. The summed E-state index contributed by atoms with van der Waals surface area (Å²) in [6.07, 6.45) is 0.850. The normalized spacial score (nSPS) is 16.3. The first kappa shape index (κ1) is 19.4. The Kier molecular flexibility index (Phi) is 5.01. The van der Waals surface area contributed by atoms with Gasteiger partial charge in [-0.3, -0.25) is 9.59 Å². The third-order valence-electron chi connectivity index (χ3n) is 5.45. The molecule has 148 valence electrons. The van der Waals surface area contributed by atoms with Gasteiger partial charge < -0.3 is 4.98 Å². The fourth-order valence-corrected chi connectivity index (χ4v) is 4.06. The Morgan fingerprint density at radius 3 is 2.62 bits per heavy atom. The Morgan fingerprint density at radius 2 is 1.93 bits per heavy atom. The number of benzene rings is 2. The van der Waals surface area contributed by atoms with E-state index in [1.165, 1.54) is 5.01 Å². The molecule has 0 saturated carbocycles. The van der Waals surface area contributed by atoms with Gasteiger partial charge in [-0.15, -0.1) is 0 Å². The van der Waals surface area contributed by atoms with Crippen LogP contribution in [0.25, 0.3) is 10.9 Å². The summed E-state index contributed by atoms with van der Waals surface area (Å²) in [7, 11) is 0. The first-order valence-corrected chi connectivity index (χ1v) is 10.1. The number of nitrogens with one attached hydrogen (secondary N) is 1. The van der Waals surface area contributed by atoms with Crippen molar-refractivity contribution in [3.63, 3.8) is 0 Å². The van der Waals surface area contributed by atoms with E-state index in [-0.39, 0.29) is 17.5 Å². The molecular weight excluding hydrogens is 386 g/mol. The van der Waals surface area contributed by atoms with Crippen molar-refractivity contribution in [2.75, 3.05) is 0 Å². The number of pyridine rings is 1. The van der Waals surface area contributed by atoms with E-state index in [1.807, 2.05) is 51.1 Å². The molecule has 1 aliphatic rings. The minimum Gasteiger partial charge on any atom is -0.321 e. The Hall–Kier alpha value is -2.92. The van der Waals surface area contributed by atoms with E-state index < -0.39 is 0 Å². The first-order chi connectivity index (χ1) is 13.9. The molecule has 5 nitrogen and oxygen atoms in total. The van der Waals surface area contributed by atoms with Crippen molar-refractivity contribution >= 4 is 34.1 Å². The van der Waals surface area contributed by atoms with E-state index >= 15 is 0 Å². The lowest BCUT2D eigenvalue weighted by Crippen LogP contribution is -2.26. The second-order valence-electron chi connectivity index (χ2n) is 7.41. The number of amides is 1. The van der Waals surface area contributed by atoms with Crippen molar-refractivity contribution in [2.45, 2.75) is 39.7 Å². The molecule has 1 atom stereocenters. The third kappa shape index (κ3) is 3.47. The predicted octanol–water partition coefficient (Wildman–Crippen LogP) is 4.89. The number of aryl methyl sites for hydroxylation is 2. The van der Waals surface area contributed by atoms with Gasteiger partial charge in [-0.25, -0.2) is 5.01 Å². The molecule has 0 aliphatic carbocycles. The number of carbonyl (C=O) groups excluding carboxylic acids is 1. The van der Waals surface area contributed by atoms with Crippen molar-refractivity contribution in [3.8, 4) is 0 Å². The molecule has 4 rings (SSSR count). The molecule has 0 fully saturated rings. The molecule has 3 aromatic rings. The van der Waals surface area contributed by atoms with Gasteiger partial charge >= 0.3 is 0 Å². The smallest absolute Gasteiger partial charge is 0.257 e. The molecule has 0 spiro atoms. The van der Waals surface area contributed by atoms with E-state index in [9.17, 15) is 9.59 Å². The summed E-state index contributed by atoms with van der Waals surface area (Å²) in [5.41, 5.74) is 4.65. The van der Waals surface area contributed by atoms with Gasteiger partial charge in [0.15, 0.2) is 0 Å². The van der Waals surface area contributed by atoms with Crippen molar-refractivity contribution in [1.29, 1.82) is 0 Å². The van der Waals surface area contributed by atoms with Crippen molar-refractivity contribution in [2.24, 2.45) is 5.10 Å². The van der Waals surface area contributed by atoms with Crippen LogP contribution in [0, 0.1) is 13.8 Å². The molecule has 2 aromatic carbocycles. The number of carbonyl (C=O) groups is 1. The summed E-state index contributed by atoms with van der Waals surface area (Å²) in [5.74, 6) is -0.0628. The van der Waals surface area contributed by atoms with Crippen LogP contribution in [0.3, 0.4) is 0 Å². The molecule has 1 N–H and O–H groups in total. The van der Waals surface area contributed by atoms with Gasteiger partial charge in [0.25, 0.3) is 5.56 Å². The van der Waals surface area contributed by atoms with Crippen molar-refractivity contribution in [1.82, 2.24) is 9.99 Å². The van der Waals surface area contributed by atoms with E-state index in [4.69, 9.17) is 11.6 Å². The van der Waals surface area contributed by atoms with Gasteiger partial charge in [0.05, 0.1) is 22.8 Å². The van der Waals surface area contributed by atoms with Gasteiger partial charge in [-0.05, 0) is 37.1 Å². The maximum atomic E-state index is 12.9. The minimum absolute atomic E-state index is 0.0628. The highest BCUT2D eigenvalue weighted by Gasteiger charge is 2.34. The van der Waals surface area contributed by atoms with Gasteiger partial charge in [-0.1, -0.05) is 54.4 Å². The molecule has 1 aliphatic heterocycles. The predicted molar refractivity (Wildman–Crippen MR) is 117 cm³/mol. The van der Waals surface area contributed by atoms with Crippen LogP contribution in [0.15, 0.2) is 52.4 Å². The maximum Gasteiger partial charge on any atom is 0.257 e. The Morgan fingerprint density at radius 1 is 1.21 bits per heavy atom. The lowest BCUT2D eigenvalue weighted by Gasteiger charge is -2.21. The molecule has 1 aromatic heterocycles. The zero-order valence-electron chi connectivity index (χ0n) is 16.6. The number of fused-ring (bicyclic) bond motifs is 1. The van der Waals surface area contributed by atoms with Gasteiger partial charge in [0.1, 0.15) is 0 Å². The summed E-state index contributed by atoms with van der Waals surface area (Å²) in [4.78, 5) is 28.4. The standard InChI is InChI=1S/C23H22ClN3O2/c1-4-21(28)27-20(15-7-5-13(2)6-8-15)12-19(26-27)22-14(3)17-10-9-16(24)11-18(17)25-23(22)29/h5-11,20H,4,12H2,1-3H3,(H,25,29). The van der Waals surface area contributed by atoms with Crippen LogP contribution in [0.2, 0.25) is 5.02 Å². The molecule has 1 unspecified atom stereocenters. The highest BCUT2D eigenvalue weighted by molar-refractivity contribution is 6.31. The average Bonchev–Trinajstić information content (AvgIpc) is 3.12. The van der Waals surface area contributed by atoms with Crippen molar-refractivity contribution in [3.05, 3.63) is 80.1 Å². The summed E-state index contributed by atoms with van der Waals surface area (Å²) in [5, 5.41) is 7.63. The Bertz CT molecular complexity index is 1200. The summed E-state index contributed by atoms with van der Waals surface area (Å²) in [6, 6.07) is 13.3. The molecule has 29 heavy (non-hydrogen) atoms. The second kappa shape index (κ2) is 7.48. The second-order valence-corrected chi connectivity index (χ2v) is 7.85. The zero-order chi connectivity index (χ0) is 20.7. The van der Waals surface area contributed by atoms with Gasteiger partial charge in [0, 0.05) is 23.3 Å². The molecule has 0 bridgehead atoms. The lowest BCUT2D eigenvalue weighted by atomic mass is 9.95. The Balaban J connectivity index is 1.82. The molecule has 0 radical (unpaired) electrons. The number of H-pyrrole nitrogens is 1. The number of halogens is 1. The fraction of sp³-hybridized carbons (Fsp3) is 0.261. The summed E-state index contributed by atoms with van der Waals surface area (Å²) >= 11 is 6.07. The number of hydrogen-bond donors (Lipinski definition) is 1. The van der Waals surface area contributed by atoms with E-state index in [1.54, 1.807) is 12.1 Å². The largest absolute Gasteiger partial charge is 0.321 e. The highest BCUT2D eigenvalue weighted by atomic mass is 35.5. The number of aromatic nitrogens is 1. The first-order valence-electron chi connectivity index (χ1n) is 9.67. The zero-order valence-corrected chi connectivity index (χ0v) is 17.4. The van der Waals surface area contributed by atoms with Gasteiger partial charge in [-0.2, -0.15) is 5.10 Å². The lowest BCUT2D eigenvalue weighted by molar-refractivity contribution is -0.132. The molecule has 2 heterocycles. The fourth-order valence-electron chi connectivity index (χ4n) is 3.89. The summed E-state index contributed by atoms with van der Waals surface area (Å²) in [6.45, 7) is 5.76. The number of aromatic amines is 1. The highest BCUT2D eigenvalue weighted by Crippen LogP contribution is 2.34. The number of hydrazone groups is 1. The van der Waals surface area contributed by atoms with E-state index in [2.05, 4.69) is 10.1 Å². The van der Waals surface area contributed by atoms with Crippen LogP contribution in [0.4, 0.5) is 0 Å². The quantitative estimate of drug-likeness (QED) is 0.672.